The van der Waals surface area contributed by atoms with E-state index in [1.165, 1.54) is 0 Å². The summed E-state index contributed by atoms with van der Waals surface area (Å²) in [6.07, 6.45) is 0.716. The number of hydrogen-bond donors (Lipinski definition) is 1. The SMILES string of the molecule is COCCC(C)C(N)c1cc(F)ccc1F. The Kier molecular flexibility index (Phi) is 4.83. The molecule has 0 heterocycles. The monoisotopic (exact) mass is 229 g/mol. The molecule has 0 aromatic heterocycles. The molecule has 0 bridgehead atoms. The van der Waals surface area contributed by atoms with Gasteiger partial charge in [0.25, 0.3) is 0 Å². The van der Waals surface area contributed by atoms with E-state index < -0.39 is 17.7 Å². The van der Waals surface area contributed by atoms with E-state index in [1.807, 2.05) is 6.92 Å². The smallest absolute Gasteiger partial charge is 0.128 e. The van der Waals surface area contributed by atoms with Crippen LogP contribution in [0.15, 0.2) is 18.2 Å². The molecule has 0 saturated carbocycles. The van der Waals surface area contributed by atoms with Crippen LogP contribution in [-0.4, -0.2) is 13.7 Å². The molecule has 0 aliphatic carbocycles. The van der Waals surface area contributed by atoms with E-state index in [1.54, 1.807) is 7.11 Å². The van der Waals surface area contributed by atoms with E-state index in [4.69, 9.17) is 10.5 Å². The Bertz CT molecular complexity index is 344. The van der Waals surface area contributed by atoms with E-state index in [2.05, 4.69) is 0 Å². The first-order valence-electron chi connectivity index (χ1n) is 5.25. The summed E-state index contributed by atoms with van der Waals surface area (Å²) in [4.78, 5) is 0. The van der Waals surface area contributed by atoms with Gasteiger partial charge in [0.05, 0.1) is 0 Å². The lowest BCUT2D eigenvalue weighted by Crippen LogP contribution is -2.21. The average molecular weight is 229 g/mol. The molecule has 0 fully saturated rings. The predicted molar refractivity (Wildman–Crippen MR) is 58.9 cm³/mol. The van der Waals surface area contributed by atoms with Gasteiger partial charge < -0.3 is 10.5 Å². The van der Waals surface area contributed by atoms with Gasteiger partial charge in [0.1, 0.15) is 11.6 Å². The van der Waals surface area contributed by atoms with Crippen molar-refractivity contribution in [1.82, 2.24) is 0 Å². The molecule has 4 heteroatoms. The first kappa shape index (κ1) is 13.1. The lowest BCUT2D eigenvalue weighted by molar-refractivity contribution is 0.174. The summed E-state index contributed by atoms with van der Waals surface area (Å²) in [7, 11) is 1.60. The minimum atomic E-state index is -0.508. The second-order valence-electron chi connectivity index (χ2n) is 3.95. The van der Waals surface area contributed by atoms with Crippen molar-refractivity contribution >= 4 is 0 Å². The van der Waals surface area contributed by atoms with Gasteiger partial charge in [-0.25, -0.2) is 8.78 Å². The highest BCUT2D eigenvalue weighted by Gasteiger charge is 2.18. The zero-order valence-corrected chi connectivity index (χ0v) is 9.54. The molecular weight excluding hydrogens is 212 g/mol. The molecule has 0 radical (unpaired) electrons. The minimum Gasteiger partial charge on any atom is -0.385 e. The number of halogens is 2. The fourth-order valence-electron chi connectivity index (χ4n) is 1.56. The summed E-state index contributed by atoms with van der Waals surface area (Å²) >= 11 is 0. The van der Waals surface area contributed by atoms with Crippen molar-refractivity contribution in [2.24, 2.45) is 11.7 Å². The maximum absolute atomic E-state index is 13.4. The number of hydrogen-bond acceptors (Lipinski definition) is 2. The van der Waals surface area contributed by atoms with E-state index in [0.717, 1.165) is 18.2 Å². The van der Waals surface area contributed by atoms with Crippen molar-refractivity contribution in [1.29, 1.82) is 0 Å². The van der Waals surface area contributed by atoms with Crippen molar-refractivity contribution in [2.75, 3.05) is 13.7 Å². The van der Waals surface area contributed by atoms with E-state index in [9.17, 15) is 8.78 Å². The highest BCUT2D eigenvalue weighted by atomic mass is 19.1. The van der Waals surface area contributed by atoms with Gasteiger partial charge in [-0.1, -0.05) is 6.92 Å². The second-order valence-corrected chi connectivity index (χ2v) is 3.95. The first-order chi connectivity index (χ1) is 7.56. The first-order valence-corrected chi connectivity index (χ1v) is 5.25. The molecule has 0 saturated heterocycles. The molecule has 0 aliphatic rings. The molecule has 2 N–H and O–H groups in total. The third kappa shape index (κ3) is 3.25. The number of methoxy groups -OCH3 is 1. The van der Waals surface area contributed by atoms with Gasteiger partial charge in [-0.15, -0.1) is 0 Å². The quantitative estimate of drug-likeness (QED) is 0.842. The molecule has 2 nitrogen and oxygen atoms in total. The van der Waals surface area contributed by atoms with E-state index >= 15 is 0 Å². The van der Waals surface area contributed by atoms with Crippen LogP contribution >= 0.6 is 0 Å². The van der Waals surface area contributed by atoms with Crippen LogP contribution in [0.2, 0.25) is 0 Å². The lowest BCUT2D eigenvalue weighted by Gasteiger charge is -2.20. The fraction of sp³-hybridized carbons (Fsp3) is 0.500. The summed E-state index contributed by atoms with van der Waals surface area (Å²) in [5, 5.41) is 0. The largest absolute Gasteiger partial charge is 0.385 e. The maximum Gasteiger partial charge on any atom is 0.128 e. The van der Waals surface area contributed by atoms with Gasteiger partial charge in [-0.3, -0.25) is 0 Å². The van der Waals surface area contributed by atoms with Gasteiger partial charge >= 0.3 is 0 Å². The van der Waals surface area contributed by atoms with Crippen LogP contribution in [0.1, 0.15) is 24.9 Å². The van der Waals surface area contributed by atoms with Crippen LogP contribution in [0.25, 0.3) is 0 Å². The van der Waals surface area contributed by atoms with Crippen LogP contribution in [0.4, 0.5) is 8.78 Å². The number of nitrogens with two attached hydrogens (primary N) is 1. The van der Waals surface area contributed by atoms with Crippen molar-refractivity contribution in [2.45, 2.75) is 19.4 Å². The molecule has 0 aliphatic heterocycles. The average Bonchev–Trinajstić information content (AvgIpc) is 2.28. The molecule has 0 spiro atoms. The maximum atomic E-state index is 13.4. The Morgan fingerprint density at radius 3 is 2.69 bits per heavy atom. The van der Waals surface area contributed by atoms with Gasteiger partial charge in [0.15, 0.2) is 0 Å². The third-order valence-corrected chi connectivity index (χ3v) is 2.71. The second kappa shape index (κ2) is 5.92. The van der Waals surface area contributed by atoms with Crippen LogP contribution in [-0.2, 0) is 4.74 Å². The van der Waals surface area contributed by atoms with Gasteiger partial charge in [0, 0.05) is 25.3 Å². The molecular formula is C12H17F2NO. The number of benzene rings is 1. The molecule has 90 valence electrons. The Morgan fingerprint density at radius 1 is 1.38 bits per heavy atom. The highest BCUT2D eigenvalue weighted by molar-refractivity contribution is 5.22. The number of rotatable bonds is 5. The lowest BCUT2D eigenvalue weighted by atomic mass is 9.92. The van der Waals surface area contributed by atoms with E-state index in [0.29, 0.717) is 13.0 Å². The zero-order chi connectivity index (χ0) is 12.1. The van der Waals surface area contributed by atoms with Crippen molar-refractivity contribution in [3.63, 3.8) is 0 Å². The summed E-state index contributed by atoms with van der Waals surface area (Å²) < 4.78 is 31.3. The van der Waals surface area contributed by atoms with Gasteiger partial charge in [-0.2, -0.15) is 0 Å². The molecule has 0 amide bonds. The zero-order valence-electron chi connectivity index (χ0n) is 9.54. The predicted octanol–water partition coefficient (Wildman–Crippen LogP) is 2.64. The van der Waals surface area contributed by atoms with Crippen LogP contribution < -0.4 is 5.73 Å². The molecule has 2 unspecified atom stereocenters. The van der Waals surface area contributed by atoms with Gasteiger partial charge in [-0.05, 0) is 30.5 Å². The minimum absolute atomic E-state index is 0.0382. The summed E-state index contributed by atoms with van der Waals surface area (Å²) in [5.74, 6) is -0.889. The fourth-order valence-corrected chi connectivity index (χ4v) is 1.56. The Hall–Kier alpha value is -1.00. The topological polar surface area (TPSA) is 35.2 Å². The highest BCUT2D eigenvalue weighted by Crippen LogP contribution is 2.24. The third-order valence-electron chi connectivity index (χ3n) is 2.71. The molecule has 1 aromatic rings. The van der Waals surface area contributed by atoms with Crippen LogP contribution in [0.3, 0.4) is 0 Å². The van der Waals surface area contributed by atoms with Crippen LogP contribution in [0, 0.1) is 17.6 Å². The van der Waals surface area contributed by atoms with Gasteiger partial charge in [0.2, 0.25) is 0 Å². The molecule has 1 rings (SSSR count). The molecule has 1 aromatic carbocycles. The summed E-state index contributed by atoms with van der Waals surface area (Å²) in [6.45, 7) is 2.46. The van der Waals surface area contributed by atoms with Crippen molar-refractivity contribution in [3.8, 4) is 0 Å². The van der Waals surface area contributed by atoms with Crippen molar-refractivity contribution in [3.05, 3.63) is 35.4 Å². The summed E-state index contributed by atoms with van der Waals surface area (Å²) in [6, 6.07) is 2.84. The Morgan fingerprint density at radius 2 is 2.06 bits per heavy atom. The molecule has 16 heavy (non-hydrogen) atoms. The standard InChI is InChI=1S/C12H17F2NO/c1-8(5-6-16-2)12(15)10-7-9(13)3-4-11(10)14/h3-4,7-8,12H,5-6,15H2,1-2H3. The van der Waals surface area contributed by atoms with Crippen LogP contribution in [0.5, 0.6) is 0 Å². The normalized spacial score (nSPS) is 14.8. The van der Waals surface area contributed by atoms with Crippen molar-refractivity contribution < 1.29 is 13.5 Å². The Labute approximate surface area is 94.4 Å². The number of ether oxygens (including phenoxy) is 1. The summed E-state index contributed by atoms with van der Waals surface area (Å²) in [5.41, 5.74) is 6.11. The molecule has 2 atom stereocenters. The Balaban J connectivity index is 2.78. The van der Waals surface area contributed by atoms with E-state index in [-0.39, 0.29) is 11.5 Å².